The average molecular weight is 272 g/mol. The van der Waals surface area contributed by atoms with E-state index in [-0.39, 0.29) is 5.91 Å². The minimum absolute atomic E-state index is 0.205. The number of nitrogens with two attached hydrogens (primary N) is 1. The first-order valence-corrected chi connectivity index (χ1v) is 7.18. The minimum atomic E-state index is -0.651. The molecule has 3 N–H and O–H groups in total. The van der Waals surface area contributed by atoms with Gasteiger partial charge in [0, 0.05) is 10.6 Å². The van der Waals surface area contributed by atoms with Crippen molar-refractivity contribution in [1.82, 2.24) is 0 Å². The number of thioether (sulfide) groups is 1. The summed E-state index contributed by atoms with van der Waals surface area (Å²) in [7, 11) is 0. The number of benzene rings is 2. The van der Waals surface area contributed by atoms with Gasteiger partial charge >= 0.3 is 0 Å². The Morgan fingerprint density at radius 2 is 1.74 bits per heavy atom. The quantitative estimate of drug-likeness (QED) is 0.841. The molecular formula is C15H16N2OS. The molecule has 0 saturated heterocycles. The zero-order chi connectivity index (χ0) is 13.7. The van der Waals surface area contributed by atoms with Crippen LogP contribution in [0, 0.1) is 0 Å². The van der Waals surface area contributed by atoms with Gasteiger partial charge < -0.3 is 11.1 Å². The molecule has 0 radical (unpaired) electrons. The third kappa shape index (κ3) is 3.59. The number of amides is 1. The first-order chi connectivity index (χ1) is 9.20. The predicted molar refractivity (Wildman–Crippen MR) is 80.2 cm³/mol. The Hall–Kier alpha value is -1.78. The van der Waals surface area contributed by atoms with E-state index in [1.165, 1.54) is 0 Å². The van der Waals surface area contributed by atoms with Gasteiger partial charge in [-0.2, -0.15) is 0 Å². The highest BCUT2D eigenvalue weighted by atomic mass is 32.2. The minimum Gasteiger partial charge on any atom is -0.324 e. The van der Waals surface area contributed by atoms with E-state index in [1.54, 1.807) is 11.8 Å². The van der Waals surface area contributed by atoms with Gasteiger partial charge in [0.2, 0.25) is 5.91 Å². The molecule has 0 aliphatic carbocycles. The Kier molecular flexibility index (Phi) is 4.60. The second-order valence-electron chi connectivity index (χ2n) is 4.11. The van der Waals surface area contributed by atoms with Crippen LogP contribution in [-0.4, -0.2) is 12.2 Å². The molecular weight excluding hydrogens is 256 g/mol. The second kappa shape index (κ2) is 6.41. The maximum atomic E-state index is 12.0. The molecule has 0 spiro atoms. The van der Waals surface area contributed by atoms with E-state index in [2.05, 4.69) is 5.32 Å². The molecule has 0 aromatic heterocycles. The fourth-order valence-corrected chi connectivity index (χ4v) is 2.11. The maximum absolute atomic E-state index is 12.0. The summed E-state index contributed by atoms with van der Waals surface area (Å²) in [5, 5.41) is 2.82. The summed E-state index contributed by atoms with van der Waals surface area (Å²) in [5.41, 5.74) is 7.49. The van der Waals surface area contributed by atoms with Gasteiger partial charge in [0.1, 0.15) is 6.04 Å². The fourth-order valence-electron chi connectivity index (χ4n) is 1.71. The van der Waals surface area contributed by atoms with Crippen LogP contribution < -0.4 is 11.1 Å². The fraction of sp³-hybridized carbons (Fsp3) is 0.133. The van der Waals surface area contributed by atoms with Crippen molar-refractivity contribution in [3.05, 3.63) is 60.2 Å². The molecule has 19 heavy (non-hydrogen) atoms. The molecule has 2 aromatic carbocycles. The topological polar surface area (TPSA) is 55.1 Å². The first-order valence-electron chi connectivity index (χ1n) is 5.96. The third-order valence-electron chi connectivity index (χ3n) is 2.80. The van der Waals surface area contributed by atoms with E-state index >= 15 is 0 Å². The predicted octanol–water partition coefficient (Wildman–Crippen LogP) is 3.05. The van der Waals surface area contributed by atoms with Gasteiger partial charge in [0.15, 0.2) is 0 Å². The van der Waals surface area contributed by atoms with E-state index in [0.717, 1.165) is 16.1 Å². The van der Waals surface area contributed by atoms with Gasteiger partial charge in [-0.05, 0) is 36.1 Å². The molecule has 0 saturated carbocycles. The molecule has 0 aliphatic rings. The zero-order valence-electron chi connectivity index (χ0n) is 10.7. The van der Waals surface area contributed by atoms with Crippen LogP contribution >= 0.6 is 11.8 Å². The lowest BCUT2D eigenvalue weighted by Crippen LogP contribution is -2.27. The summed E-state index contributed by atoms with van der Waals surface area (Å²) < 4.78 is 0. The molecule has 0 unspecified atom stereocenters. The van der Waals surface area contributed by atoms with E-state index in [4.69, 9.17) is 5.73 Å². The van der Waals surface area contributed by atoms with Crippen LogP contribution in [0.3, 0.4) is 0 Å². The highest BCUT2D eigenvalue weighted by molar-refractivity contribution is 7.98. The van der Waals surface area contributed by atoms with Gasteiger partial charge in [-0.3, -0.25) is 4.79 Å². The number of rotatable bonds is 4. The molecule has 0 bridgehead atoms. The van der Waals surface area contributed by atoms with Crippen LogP contribution in [0.1, 0.15) is 11.6 Å². The van der Waals surface area contributed by atoms with E-state index in [0.29, 0.717) is 0 Å². The van der Waals surface area contributed by atoms with Crippen LogP contribution in [0.4, 0.5) is 5.69 Å². The lowest BCUT2D eigenvalue weighted by Gasteiger charge is -2.12. The van der Waals surface area contributed by atoms with Crippen LogP contribution in [0.2, 0.25) is 0 Å². The number of carbonyl (C=O) groups excluding carboxylic acids is 1. The van der Waals surface area contributed by atoms with Gasteiger partial charge in [-0.1, -0.05) is 30.3 Å². The maximum Gasteiger partial charge on any atom is 0.245 e. The van der Waals surface area contributed by atoms with Crippen molar-refractivity contribution in [1.29, 1.82) is 0 Å². The number of hydrogen-bond donors (Lipinski definition) is 2. The summed E-state index contributed by atoms with van der Waals surface area (Å²) in [4.78, 5) is 13.2. The lowest BCUT2D eigenvalue weighted by atomic mass is 10.1. The summed E-state index contributed by atoms with van der Waals surface area (Å²) in [6.07, 6.45) is 2.01. The summed E-state index contributed by atoms with van der Waals surface area (Å²) in [6, 6.07) is 16.4. The molecule has 0 heterocycles. The SMILES string of the molecule is CSc1ccc(NC(=O)[C@H](N)c2ccccc2)cc1. The second-order valence-corrected chi connectivity index (χ2v) is 4.99. The molecule has 2 rings (SSSR count). The highest BCUT2D eigenvalue weighted by Gasteiger charge is 2.15. The monoisotopic (exact) mass is 272 g/mol. The molecule has 4 heteroatoms. The Morgan fingerprint density at radius 3 is 2.32 bits per heavy atom. The van der Waals surface area contributed by atoms with Crippen LogP contribution in [0.15, 0.2) is 59.5 Å². The van der Waals surface area contributed by atoms with Crippen molar-refractivity contribution in [3.8, 4) is 0 Å². The van der Waals surface area contributed by atoms with Crippen molar-refractivity contribution in [2.45, 2.75) is 10.9 Å². The van der Waals surface area contributed by atoms with Crippen molar-refractivity contribution < 1.29 is 4.79 Å². The lowest BCUT2D eigenvalue weighted by molar-refractivity contribution is -0.117. The normalized spacial score (nSPS) is 11.9. The highest BCUT2D eigenvalue weighted by Crippen LogP contribution is 2.18. The number of carbonyl (C=O) groups is 1. The Labute approximate surface area is 117 Å². The van der Waals surface area contributed by atoms with Crippen molar-refractivity contribution in [2.75, 3.05) is 11.6 Å². The van der Waals surface area contributed by atoms with Gasteiger partial charge in [-0.15, -0.1) is 11.8 Å². The molecule has 1 amide bonds. The number of nitrogens with one attached hydrogen (secondary N) is 1. The largest absolute Gasteiger partial charge is 0.324 e. The van der Waals surface area contributed by atoms with Crippen molar-refractivity contribution in [2.24, 2.45) is 5.73 Å². The summed E-state index contributed by atoms with van der Waals surface area (Å²) in [5.74, 6) is -0.205. The van der Waals surface area contributed by atoms with Gasteiger partial charge in [0.25, 0.3) is 0 Å². The molecule has 3 nitrogen and oxygen atoms in total. The number of anilines is 1. The van der Waals surface area contributed by atoms with E-state index < -0.39 is 6.04 Å². The average Bonchev–Trinajstić information content (AvgIpc) is 2.48. The van der Waals surface area contributed by atoms with Crippen LogP contribution in [0.25, 0.3) is 0 Å². The standard InChI is InChI=1S/C15H16N2OS/c1-19-13-9-7-12(8-10-13)17-15(18)14(16)11-5-3-2-4-6-11/h2-10,14H,16H2,1H3,(H,17,18)/t14-/m1/s1. The molecule has 2 aromatic rings. The Balaban J connectivity index is 2.04. The van der Waals surface area contributed by atoms with E-state index in [9.17, 15) is 4.79 Å². The Morgan fingerprint density at radius 1 is 1.11 bits per heavy atom. The van der Waals surface area contributed by atoms with Gasteiger partial charge in [0.05, 0.1) is 0 Å². The third-order valence-corrected chi connectivity index (χ3v) is 3.54. The smallest absolute Gasteiger partial charge is 0.245 e. The zero-order valence-corrected chi connectivity index (χ0v) is 11.5. The number of hydrogen-bond acceptors (Lipinski definition) is 3. The summed E-state index contributed by atoms with van der Waals surface area (Å²) in [6.45, 7) is 0. The molecule has 1 atom stereocenters. The molecule has 0 fully saturated rings. The molecule has 98 valence electrons. The van der Waals surface area contributed by atoms with Crippen LogP contribution in [0.5, 0.6) is 0 Å². The van der Waals surface area contributed by atoms with Crippen molar-refractivity contribution in [3.63, 3.8) is 0 Å². The van der Waals surface area contributed by atoms with Crippen LogP contribution in [-0.2, 0) is 4.79 Å². The Bertz CT molecular complexity index is 540. The van der Waals surface area contributed by atoms with Gasteiger partial charge in [-0.25, -0.2) is 0 Å². The van der Waals surface area contributed by atoms with Crippen molar-refractivity contribution >= 4 is 23.4 Å². The molecule has 0 aliphatic heterocycles. The summed E-state index contributed by atoms with van der Waals surface area (Å²) >= 11 is 1.66. The van der Waals surface area contributed by atoms with E-state index in [1.807, 2.05) is 60.9 Å². The first kappa shape index (κ1) is 13.6.